The lowest BCUT2D eigenvalue weighted by molar-refractivity contribution is 0.583. The minimum Gasteiger partial charge on any atom is -0.464 e. The number of rotatable bonds is 5. The first-order valence-electron chi connectivity index (χ1n) is 7.33. The molecule has 0 N–H and O–H groups in total. The molecule has 0 saturated carbocycles. The van der Waals surface area contributed by atoms with Crippen LogP contribution in [0.2, 0.25) is 0 Å². The van der Waals surface area contributed by atoms with Crippen molar-refractivity contribution >= 4 is 20.8 Å². The topological polar surface area (TPSA) is 69.3 Å². The largest absolute Gasteiger partial charge is 0.464 e. The third kappa shape index (κ3) is 3.22. The molecule has 3 rings (SSSR count). The van der Waals surface area contributed by atoms with Gasteiger partial charge in [0, 0.05) is 12.7 Å². The summed E-state index contributed by atoms with van der Waals surface area (Å²) in [4.78, 5) is 12.5. The second-order valence-corrected chi connectivity index (χ2v) is 7.61. The molecule has 0 atom stereocenters. The van der Waals surface area contributed by atoms with Crippen LogP contribution in [0.4, 0.5) is 0 Å². The van der Waals surface area contributed by atoms with Gasteiger partial charge in [0.1, 0.15) is 5.58 Å². The van der Waals surface area contributed by atoms with Gasteiger partial charge in [-0.1, -0.05) is 12.1 Å². The summed E-state index contributed by atoms with van der Waals surface area (Å²) in [7, 11) is -3.33. The Balaban J connectivity index is 1.73. The normalized spacial score (nSPS) is 11.9. The van der Waals surface area contributed by atoms with E-state index in [1.807, 2.05) is 13.0 Å². The van der Waals surface area contributed by atoms with E-state index in [-0.39, 0.29) is 11.3 Å². The number of aromatic nitrogens is 1. The van der Waals surface area contributed by atoms with Crippen LogP contribution in [0.15, 0.2) is 63.0 Å². The zero-order valence-corrected chi connectivity index (χ0v) is 13.5. The van der Waals surface area contributed by atoms with Gasteiger partial charge in [-0.3, -0.25) is 4.79 Å². The Bertz CT molecular complexity index is 999. The van der Waals surface area contributed by atoms with Crippen LogP contribution in [0.1, 0.15) is 12.0 Å². The van der Waals surface area contributed by atoms with Crippen LogP contribution in [0.3, 0.4) is 0 Å². The highest BCUT2D eigenvalue weighted by molar-refractivity contribution is 7.91. The zero-order valence-electron chi connectivity index (χ0n) is 12.7. The van der Waals surface area contributed by atoms with Crippen LogP contribution in [-0.2, 0) is 16.4 Å². The van der Waals surface area contributed by atoms with Crippen molar-refractivity contribution < 1.29 is 12.8 Å². The number of hydrogen-bond acceptors (Lipinski definition) is 4. The van der Waals surface area contributed by atoms with Crippen LogP contribution in [-0.4, -0.2) is 18.7 Å². The maximum atomic E-state index is 12.3. The predicted octanol–water partition coefficient (Wildman–Crippen LogP) is 2.77. The Hall–Kier alpha value is -2.34. The molecule has 5 nitrogen and oxygen atoms in total. The Morgan fingerprint density at radius 2 is 2.00 bits per heavy atom. The van der Waals surface area contributed by atoms with Gasteiger partial charge in [-0.15, -0.1) is 0 Å². The van der Waals surface area contributed by atoms with E-state index < -0.39 is 9.84 Å². The van der Waals surface area contributed by atoms with Gasteiger partial charge in [-0.05, 0) is 43.2 Å². The molecule has 1 aromatic carbocycles. The van der Waals surface area contributed by atoms with Crippen molar-refractivity contribution in [2.45, 2.75) is 24.8 Å². The fourth-order valence-corrected chi connectivity index (χ4v) is 3.93. The molecule has 3 aromatic rings. The summed E-state index contributed by atoms with van der Waals surface area (Å²) < 4.78 is 31.3. The first-order chi connectivity index (χ1) is 11.0. The zero-order chi connectivity index (χ0) is 16.4. The third-order valence-electron chi connectivity index (χ3n) is 3.75. The highest BCUT2D eigenvalue weighted by Gasteiger charge is 2.14. The van der Waals surface area contributed by atoms with Crippen molar-refractivity contribution in [2.75, 3.05) is 5.75 Å². The molecule has 0 bridgehead atoms. The fourth-order valence-electron chi connectivity index (χ4n) is 2.53. The maximum absolute atomic E-state index is 12.3. The Labute approximate surface area is 134 Å². The van der Waals surface area contributed by atoms with E-state index in [1.165, 1.54) is 10.8 Å². The molecule has 0 spiro atoms. The van der Waals surface area contributed by atoms with E-state index in [9.17, 15) is 13.2 Å². The van der Waals surface area contributed by atoms with Crippen LogP contribution < -0.4 is 5.56 Å². The standard InChI is InChI=1S/C17H17NO4S/c1-13-4-2-5-14(12-13)23(20,21)11-3-8-18-9-6-16-15(17(18)19)7-10-22-16/h2,4-7,9-10,12H,3,8,11H2,1H3. The van der Waals surface area contributed by atoms with Crippen molar-refractivity contribution in [3.8, 4) is 0 Å². The molecule has 2 aromatic heterocycles. The maximum Gasteiger partial charge on any atom is 0.261 e. The van der Waals surface area contributed by atoms with Crippen LogP contribution in [0.5, 0.6) is 0 Å². The monoisotopic (exact) mass is 331 g/mol. The summed E-state index contributed by atoms with van der Waals surface area (Å²) in [5, 5.41) is 0.508. The minimum absolute atomic E-state index is 0.00627. The average molecular weight is 331 g/mol. The number of sulfone groups is 1. The molecule has 0 radical (unpaired) electrons. The highest BCUT2D eigenvalue weighted by Crippen LogP contribution is 2.14. The molecule has 2 heterocycles. The second kappa shape index (κ2) is 6.04. The Kier molecular flexibility index (Phi) is 4.09. The molecule has 0 aliphatic rings. The van der Waals surface area contributed by atoms with Gasteiger partial charge in [-0.2, -0.15) is 0 Å². The van der Waals surface area contributed by atoms with E-state index in [0.29, 0.717) is 28.8 Å². The molecule has 23 heavy (non-hydrogen) atoms. The molecule has 0 amide bonds. The summed E-state index contributed by atoms with van der Waals surface area (Å²) in [6.07, 6.45) is 3.48. The van der Waals surface area contributed by atoms with Crippen molar-refractivity contribution in [3.63, 3.8) is 0 Å². The number of nitrogens with zero attached hydrogens (tertiary/aromatic N) is 1. The van der Waals surface area contributed by atoms with Crippen molar-refractivity contribution in [1.29, 1.82) is 0 Å². The van der Waals surface area contributed by atoms with Crippen molar-refractivity contribution in [1.82, 2.24) is 4.57 Å². The molecule has 0 fully saturated rings. The van der Waals surface area contributed by atoms with Crippen LogP contribution in [0.25, 0.3) is 11.0 Å². The molecule has 120 valence electrons. The van der Waals surface area contributed by atoms with Gasteiger partial charge in [-0.25, -0.2) is 8.42 Å². The Morgan fingerprint density at radius 1 is 1.17 bits per heavy atom. The molecule has 6 heteroatoms. The number of hydrogen-bond donors (Lipinski definition) is 0. The van der Waals surface area contributed by atoms with Crippen LogP contribution >= 0.6 is 0 Å². The van der Waals surface area contributed by atoms with Crippen LogP contribution in [0, 0.1) is 6.92 Å². The number of fused-ring (bicyclic) bond motifs is 1. The number of aryl methyl sites for hydroxylation is 2. The fraction of sp³-hybridized carbons (Fsp3) is 0.235. The van der Waals surface area contributed by atoms with Gasteiger partial charge in [0.15, 0.2) is 9.84 Å². The lowest BCUT2D eigenvalue weighted by Gasteiger charge is -2.07. The highest BCUT2D eigenvalue weighted by atomic mass is 32.2. The van der Waals surface area contributed by atoms with E-state index in [2.05, 4.69) is 0 Å². The van der Waals surface area contributed by atoms with Gasteiger partial charge >= 0.3 is 0 Å². The molecular formula is C17H17NO4S. The quantitative estimate of drug-likeness (QED) is 0.721. The molecule has 0 aliphatic carbocycles. The molecule has 0 saturated heterocycles. The minimum atomic E-state index is -3.33. The molecule has 0 unspecified atom stereocenters. The van der Waals surface area contributed by atoms with Crippen molar-refractivity contribution in [3.05, 3.63) is 64.8 Å². The second-order valence-electron chi connectivity index (χ2n) is 5.50. The summed E-state index contributed by atoms with van der Waals surface area (Å²) in [5.41, 5.74) is 1.29. The van der Waals surface area contributed by atoms with E-state index in [0.717, 1.165) is 5.56 Å². The number of furan rings is 1. The number of pyridine rings is 1. The molecular weight excluding hydrogens is 314 g/mol. The third-order valence-corrected chi connectivity index (χ3v) is 5.55. The van der Waals surface area contributed by atoms with E-state index in [4.69, 9.17) is 4.42 Å². The number of benzene rings is 1. The lowest BCUT2D eigenvalue weighted by atomic mass is 10.2. The first kappa shape index (κ1) is 15.6. The van der Waals surface area contributed by atoms with Gasteiger partial charge in [0.05, 0.1) is 22.3 Å². The smallest absolute Gasteiger partial charge is 0.261 e. The first-order valence-corrected chi connectivity index (χ1v) is 8.99. The van der Waals surface area contributed by atoms with E-state index >= 15 is 0 Å². The SMILES string of the molecule is Cc1cccc(S(=O)(=O)CCCn2ccc3occc3c2=O)c1. The summed E-state index contributed by atoms with van der Waals surface area (Å²) in [5.74, 6) is 0.00627. The average Bonchev–Trinajstić information content (AvgIpc) is 2.99. The Morgan fingerprint density at radius 3 is 2.78 bits per heavy atom. The van der Waals surface area contributed by atoms with Crippen molar-refractivity contribution in [2.24, 2.45) is 0 Å². The van der Waals surface area contributed by atoms with Gasteiger partial charge in [0.2, 0.25) is 0 Å². The van der Waals surface area contributed by atoms with Gasteiger partial charge in [0.25, 0.3) is 5.56 Å². The lowest BCUT2D eigenvalue weighted by Crippen LogP contribution is -2.20. The molecule has 0 aliphatic heterocycles. The summed E-state index contributed by atoms with van der Waals surface area (Å²) in [6.45, 7) is 2.21. The summed E-state index contributed by atoms with van der Waals surface area (Å²) >= 11 is 0. The predicted molar refractivity (Wildman–Crippen MR) is 88.3 cm³/mol. The van der Waals surface area contributed by atoms with E-state index in [1.54, 1.807) is 36.5 Å². The summed E-state index contributed by atoms with van der Waals surface area (Å²) in [6, 6.07) is 10.2. The van der Waals surface area contributed by atoms with Gasteiger partial charge < -0.3 is 8.98 Å².